The molecule has 0 saturated carbocycles. The second-order valence-electron chi connectivity index (χ2n) is 11.6. The molecular formula is C37H46Cl2N2O. The summed E-state index contributed by atoms with van der Waals surface area (Å²) in [4.78, 5) is 0. The molecule has 0 N–H and O–H groups in total. The fourth-order valence-corrected chi connectivity index (χ4v) is 6.82. The molecule has 0 fully saturated rings. The van der Waals surface area contributed by atoms with E-state index in [-0.39, 0.29) is 5.41 Å². The summed E-state index contributed by atoms with van der Waals surface area (Å²) in [6.45, 7) is 4.61. The predicted octanol–water partition coefficient (Wildman–Crippen LogP) is 12.5. The van der Waals surface area contributed by atoms with Crippen molar-refractivity contribution in [3.8, 4) is 22.6 Å². The number of fused-ring (bicyclic) bond motifs is 3. The van der Waals surface area contributed by atoms with E-state index >= 15 is 0 Å². The van der Waals surface area contributed by atoms with Crippen LogP contribution in [0.3, 0.4) is 0 Å². The molecule has 1 aromatic heterocycles. The standard InChI is InChI=1S/C29H42.C8H4Cl2N2O/c1-3-5-7-9-11-17-23-29(24-18-12-10-8-6-4-2)27-21-15-13-19-25(27)26-20-14-16-22-28(26)29;9-5-1-2-7(10)6(3-5)8-12-11-4-13-8/h13-16,19-22H,3-12,17-18,23-24H2,1-2H3;1-4H. The van der Waals surface area contributed by atoms with E-state index in [0.717, 1.165) is 0 Å². The van der Waals surface area contributed by atoms with Crippen molar-refractivity contribution in [2.24, 2.45) is 0 Å². The summed E-state index contributed by atoms with van der Waals surface area (Å²) in [5.41, 5.74) is 7.13. The van der Waals surface area contributed by atoms with Crippen LogP contribution in [0.4, 0.5) is 0 Å². The quantitative estimate of drug-likeness (QED) is 0.127. The minimum atomic E-state index is 0.253. The molecule has 0 unspecified atom stereocenters. The Balaban J connectivity index is 0.000000258. The van der Waals surface area contributed by atoms with Crippen molar-refractivity contribution >= 4 is 23.2 Å². The summed E-state index contributed by atoms with van der Waals surface area (Å²) in [6.07, 6.45) is 20.5. The van der Waals surface area contributed by atoms with Crippen LogP contribution in [0.1, 0.15) is 115 Å². The van der Waals surface area contributed by atoms with Crippen LogP contribution in [-0.2, 0) is 5.41 Å². The molecule has 0 bridgehead atoms. The third kappa shape index (κ3) is 8.26. The Morgan fingerprint density at radius 2 is 1.14 bits per heavy atom. The summed E-state index contributed by atoms with van der Waals surface area (Å²) >= 11 is 11.7. The molecule has 4 aromatic rings. The highest BCUT2D eigenvalue weighted by molar-refractivity contribution is 6.35. The molecule has 3 nitrogen and oxygen atoms in total. The van der Waals surface area contributed by atoms with Crippen molar-refractivity contribution in [3.63, 3.8) is 0 Å². The van der Waals surface area contributed by atoms with Crippen LogP contribution >= 0.6 is 23.2 Å². The first-order valence-electron chi connectivity index (χ1n) is 16.0. The molecule has 3 aromatic carbocycles. The minimum Gasteiger partial charge on any atom is -0.423 e. The average molecular weight is 606 g/mol. The van der Waals surface area contributed by atoms with Gasteiger partial charge in [0.1, 0.15) is 0 Å². The topological polar surface area (TPSA) is 38.9 Å². The van der Waals surface area contributed by atoms with E-state index in [0.29, 0.717) is 21.5 Å². The number of rotatable bonds is 15. The molecule has 5 heteroatoms. The predicted molar refractivity (Wildman–Crippen MR) is 178 cm³/mol. The number of halogens is 2. The van der Waals surface area contributed by atoms with E-state index in [1.54, 1.807) is 29.3 Å². The zero-order valence-corrected chi connectivity index (χ0v) is 26.9. The lowest BCUT2D eigenvalue weighted by Gasteiger charge is -2.33. The number of hydrogen-bond acceptors (Lipinski definition) is 3. The maximum atomic E-state index is 5.90. The Labute approximate surface area is 263 Å². The van der Waals surface area contributed by atoms with Crippen LogP contribution < -0.4 is 0 Å². The maximum Gasteiger partial charge on any atom is 0.248 e. The maximum absolute atomic E-state index is 5.90. The molecule has 42 heavy (non-hydrogen) atoms. The third-order valence-electron chi connectivity index (χ3n) is 8.61. The van der Waals surface area contributed by atoms with Crippen LogP contribution in [0.15, 0.2) is 77.5 Å². The van der Waals surface area contributed by atoms with E-state index < -0.39 is 0 Å². The Kier molecular flexibility index (Phi) is 13.0. The minimum absolute atomic E-state index is 0.253. The molecular weight excluding hydrogens is 559 g/mol. The summed E-state index contributed by atoms with van der Waals surface area (Å²) in [5.74, 6) is 0.368. The number of nitrogens with zero attached hydrogens (tertiary/aromatic N) is 2. The fraction of sp³-hybridized carbons (Fsp3) is 0.459. The highest BCUT2D eigenvalue weighted by atomic mass is 35.5. The van der Waals surface area contributed by atoms with Crippen molar-refractivity contribution in [1.82, 2.24) is 10.2 Å². The Bertz CT molecular complexity index is 1290. The highest BCUT2D eigenvalue weighted by Gasteiger charge is 2.41. The molecule has 0 saturated heterocycles. The van der Waals surface area contributed by atoms with Gasteiger partial charge in [-0.05, 0) is 53.3 Å². The second kappa shape index (κ2) is 16.9. The van der Waals surface area contributed by atoms with Gasteiger partial charge in [-0.2, -0.15) is 0 Å². The van der Waals surface area contributed by atoms with Gasteiger partial charge in [-0.1, -0.05) is 163 Å². The second-order valence-corrected chi connectivity index (χ2v) is 12.4. The fourth-order valence-electron chi connectivity index (χ4n) is 6.45. The smallest absolute Gasteiger partial charge is 0.248 e. The Morgan fingerprint density at radius 3 is 1.67 bits per heavy atom. The third-order valence-corrected chi connectivity index (χ3v) is 9.17. The van der Waals surface area contributed by atoms with E-state index in [1.165, 1.54) is 107 Å². The van der Waals surface area contributed by atoms with Gasteiger partial charge in [0.2, 0.25) is 12.3 Å². The number of unbranched alkanes of at least 4 members (excludes halogenated alkanes) is 10. The van der Waals surface area contributed by atoms with Crippen LogP contribution in [-0.4, -0.2) is 10.2 Å². The zero-order valence-electron chi connectivity index (χ0n) is 25.4. The summed E-state index contributed by atoms with van der Waals surface area (Å²) in [5, 5.41) is 8.40. The first-order valence-corrected chi connectivity index (χ1v) is 16.8. The largest absolute Gasteiger partial charge is 0.423 e. The van der Waals surface area contributed by atoms with Gasteiger partial charge >= 0.3 is 0 Å². The van der Waals surface area contributed by atoms with Gasteiger partial charge in [0.05, 0.1) is 10.6 Å². The molecule has 0 aliphatic heterocycles. The van der Waals surface area contributed by atoms with Crippen molar-refractivity contribution in [2.75, 3.05) is 0 Å². The SMILES string of the molecule is CCCCCCCCC1(CCCCCCCC)c2ccccc2-c2ccccc21.Clc1ccc(Cl)c(-c2nnco2)c1. The lowest BCUT2D eigenvalue weighted by Crippen LogP contribution is -2.25. The van der Waals surface area contributed by atoms with Gasteiger partial charge in [0, 0.05) is 10.4 Å². The van der Waals surface area contributed by atoms with E-state index in [1.807, 2.05) is 0 Å². The van der Waals surface area contributed by atoms with Gasteiger partial charge in [0.25, 0.3) is 0 Å². The lowest BCUT2D eigenvalue weighted by molar-refractivity contribution is 0.398. The molecule has 5 rings (SSSR count). The van der Waals surface area contributed by atoms with Crippen molar-refractivity contribution in [3.05, 3.63) is 94.3 Å². The van der Waals surface area contributed by atoms with Crippen LogP contribution in [0, 0.1) is 0 Å². The van der Waals surface area contributed by atoms with Gasteiger partial charge in [0.15, 0.2) is 0 Å². The van der Waals surface area contributed by atoms with Gasteiger partial charge < -0.3 is 4.42 Å². The van der Waals surface area contributed by atoms with Crippen molar-refractivity contribution in [1.29, 1.82) is 0 Å². The normalized spacial score (nSPS) is 12.9. The molecule has 0 amide bonds. The molecule has 0 spiro atoms. The summed E-state index contributed by atoms with van der Waals surface area (Å²) < 4.78 is 4.99. The Morgan fingerprint density at radius 1 is 0.619 bits per heavy atom. The summed E-state index contributed by atoms with van der Waals surface area (Å²) in [6, 6.07) is 23.6. The first-order chi connectivity index (χ1) is 20.6. The zero-order chi connectivity index (χ0) is 29.6. The molecule has 1 aliphatic carbocycles. The lowest BCUT2D eigenvalue weighted by atomic mass is 9.70. The number of aromatic nitrogens is 2. The first kappa shape index (κ1) is 32.3. The Hall–Kier alpha value is -2.62. The monoisotopic (exact) mass is 604 g/mol. The van der Waals surface area contributed by atoms with Crippen LogP contribution in [0.5, 0.6) is 0 Å². The number of hydrogen-bond donors (Lipinski definition) is 0. The number of benzene rings is 3. The van der Waals surface area contributed by atoms with Crippen molar-refractivity contribution in [2.45, 2.75) is 109 Å². The molecule has 0 atom stereocenters. The average Bonchev–Trinajstić information content (AvgIpc) is 3.65. The van der Waals surface area contributed by atoms with E-state index in [4.69, 9.17) is 27.6 Å². The molecule has 1 heterocycles. The van der Waals surface area contributed by atoms with Crippen molar-refractivity contribution < 1.29 is 4.42 Å². The van der Waals surface area contributed by atoms with E-state index in [2.05, 4.69) is 72.6 Å². The molecule has 0 radical (unpaired) electrons. The van der Waals surface area contributed by atoms with Gasteiger partial charge in [-0.15, -0.1) is 10.2 Å². The van der Waals surface area contributed by atoms with Gasteiger partial charge in [-0.3, -0.25) is 0 Å². The van der Waals surface area contributed by atoms with Crippen LogP contribution in [0.2, 0.25) is 10.0 Å². The molecule has 224 valence electrons. The highest BCUT2D eigenvalue weighted by Crippen LogP contribution is 2.54. The molecule has 1 aliphatic rings. The van der Waals surface area contributed by atoms with Gasteiger partial charge in [-0.25, -0.2) is 0 Å². The van der Waals surface area contributed by atoms with Crippen LogP contribution in [0.25, 0.3) is 22.6 Å². The summed E-state index contributed by atoms with van der Waals surface area (Å²) in [7, 11) is 0. The van der Waals surface area contributed by atoms with E-state index in [9.17, 15) is 0 Å².